The number of piperidine rings is 1. The van der Waals surface area contributed by atoms with Gasteiger partial charge >= 0.3 is 0 Å². The highest BCUT2D eigenvalue weighted by Crippen LogP contribution is 2.12. The fraction of sp³-hybridized carbons (Fsp3) is 0.750. The molecule has 4 nitrogen and oxygen atoms in total. The van der Waals surface area contributed by atoms with Crippen molar-refractivity contribution in [1.29, 1.82) is 0 Å². The lowest BCUT2D eigenvalue weighted by Crippen LogP contribution is -2.36. The second-order valence-corrected chi connectivity index (χ2v) is 4.89. The van der Waals surface area contributed by atoms with Crippen LogP contribution in [0.5, 0.6) is 0 Å². The molecule has 0 spiro atoms. The van der Waals surface area contributed by atoms with E-state index in [0.717, 1.165) is 18.2 Å². The van der Waals surface area contributed by atoms with Gasteiger partial charge in [0.25, 0.3) is 0 Å². The highest BCUT2D eigenvalue weighted by Gasteiger charge is 2.15. The van der Waals surface area contributed by atoms with Crippen LogP contribution in [0, 0.1) is 5.92 Å². The Morgan fingerprint density at radius 2 is 2.50 bits per heavy atom. The van der Waals surface area contributed by atoms with Crippen molar-refractivity contribution in [3.05, 3.63) is 18.0 Å². The van der Waals surface area contributed by atoms with Crippen molar-refractivity contribution in [2.24, 2.45) is 13.0 Å². The van der Waals surface area contributed by atoms with Gasteiger partial charge in [0.05, 0.1) is 5.69 Å². The number of hydrogen-bond acceptors (Lipinski definition) is 3. The zero-order chi connectivity index (χ0) is 11.4. The normalized spacial score (nSPS) is 21.6. The molecule has 0 radical (unpaired) electrons. The molecule has 1 unspecified atom stereocenters. The topological polar surface area (TPSA) is 33.1 Å². The Hall–Kier alpha value is -0.870. The van der Waals surface area contributed by atoms with E-state index in [0.29, 0.717) is 0 Å². The first-order chi connectivity index (χ1) is 7.74. The van der Waals surface area contributed by atoms with Gasteiger partial charge in [-0.1, -0.05) is 0 Å². The molecule has 1 aromatic heterocycles. The molecule has 0 saturated carbocycles. The van der Waals surface area contributed by atoms with Crippen LogP contribution in [-0.2, 0) is 13.6 Å². The van der Waals surface area contributed by atoms with Gasteiger partial charge in [-0.25, -0.2) is 0 Å². The van der Waals surface area contributed by atoms with Gasteiger partial charge in [-0.15, -0.1) is 0 Å². The maximum Gasteiger partial charge on any atom is 0.0764 e. The molecule has 1 N–H and O–H groups in total. The molecule has 1 aliphatic rings. The highest BCUT2D eigenvalue weighted by atomic mass is 15.3. The van der Waals surface area contributed by atoms with Crippen molar-refractivity contribution < 1.29 is 0 Å². The standard InChI is InChI=1S/C12H22N4/c1-15(9-11-4-3-6-13-8-11)10-12-5-7-16(2)14-12/h5,7,11,13H,3-4,6,8-10H2,1-2H3. The second kappa shape index (κ2) is 5.46. The van der Waals surface area contributed by atoms with Gasteiger partial charge in [0, 0.05) is 26.3 Å². The Morgan fingerprint density at radius 1 is 1.62 bits per heavy atom. The monoisotopic (exact) mass is 222 g/mol. The maximum absolute atomic E-state index is 4.40. The summed E-state index contributed by atoms with van der Waals surface area (Å²) < 4.78 is 1.87. The van der Waals surface area contributed by atoms with Gasteiger partial charge in [-0.3, -0.25) is 4.68 Å². The van der Waals surface area contributed by atoms with Crippen molar-refractivity contribution in [3.8, 4) is 0 Å². The van der Waals surface area contributed by atoms with Crippen LogP contribution in [0.4, 0.5) is 0 Å². The number of aromatic nitrogens is 2. The van der Waals surface area contributed by atoms with Crippen molar-refractivity contribution in [2.45, 2.75) is 19.4 Å². The van der Waals surface area contributed by atoms with Gasteiger partial charge < -0.3 is 10.2 Å². The third kappa shape index (κ3) is 3.32. The second-order valence-electron chi connectivity index (χ2n) is 4.89. The number of aryl methyl sites for hydroxylation is 1. The molecule has 0 aromatic carbocycles. The van der Waals surface area contributed by atoms with E-state index in [9.17, 15) is 0 Å². The SMILES string of the molecule is CN(Cc1ccn(C)n1)CC1CCCNC1. The van der Waals surface area contributed by atoms with Crippen LogP contribution in [-0.4, -0.2) is 41.4 Å². The summed E-state index contributed by atoms with van der Waals surface area (Å²) in [5, 5.41) is 7.86. The lowest BCUT2D eigenvalue weighted by Gasteiger charge is -2.27. The molecule has 0 amide bonds. The lowest BCUT2D eigenvalue weighted by molar-refractivity contribution is 0.235. The molecule has 1 fully saturated rings. The summed E-state index contributed by atoms with van der Waals surface area (Å²) in [7, 11) is 4.15. The van der Waals surface area contributed by atoms with E-state index >= 15 is 0 Å². The zero-order valence-electron chi connectivity index (χ0n) is 10.3. The molecular formula is C12H22N4. The fourth-order valence-electron chi connectivity index (χ4n) is 2.41. The van der Waals surface area contributed by atoms with Crippen LogP contribution < -0.4 is 5.32 Å². The summed E-state index contributed by atoms with van der Waals surface area (Å²) in [4.78, 5) is 2.38. The third-order valence-electron chi connectivity index (χ3n) is 3.17. The number of nitrogens with zero attached hydrogens (tertiary/aromatic N) is 3. The summed E-state index contributed by atoms with van der Waals surface area (Å²) in [5.74, 6) is 0.808. The van der Waals surface area contributed by atoms with E-state index in [2.05, 4.69) is 28.4 Å². The predicted octanol–water partition coefficient (Wildman–Crippen LogP) is 0.851. The molecular weight excluding hydrogens is 200 g/mol. The summed E-state index contributed by atoms with van der Waals surface area (Å²) in [5.41, 5.74) is 1.16. The molecule has 1 aromatic rings. The molecule has 1 saturated heterocycles. The molecule has 1 aliphatic heterocycles. The van der Waals surface area contributed by atoms with Gasteiger partial charge in [0.2, 0.25) is 0 Å². The Bertz CT molecular complexity index is 315. The molecule has 90 valence electrons. The van der Waals surface area contributed by atoms with Gasteiger partial charge in [-0.05, 0) is 45.0 Å². The first kappa shape index (κ1) is 11.6. The van der Waals surface area contributed by atoms with Gasteiger partial charge in [0.1, 0.15) is 0 Å². The Balaban J connectivity index is 1.77. The lowest BCUT2D eigenvalue weighted by atomic mass is 9.99. The van der Waals surface area contributed by atoms with Crippen LogP contribution in [0.15, 0.2) is 12.3 Å². The molecule has 1 atom stereocenters. The average molecular weight is 222 g/mol. The van der Waals surface area contributed by atoms with E-state index in [1.54, 1.807) is 0 Å². The van der Waals surface area contributed by atoms with E-state index in [-0.39, 0.29) is 0 Å². The van der Waals surface area contributed by atoms with Crippen molar-refractivity contribution in [1.82, 2.24) is 20.0 Å². The summed E-state index contributed by atoms with van der Waals surface area (Å²) in [6.07, 6.45) is 4.69. The van der Waals surface area contributed by atoms with Crippen LogP contribution in [0.3, 0.4) is 0 Å². The Labute approximate surface area is 97.6 Å². The maximum atomic E-state index is 4.40. The minimum atomic E-state index is 0.808. The molecule has 0 bridgehead atoms. The van der Waals surface area contributed by atoms with Crippen molar-refractivity contribution in [3.63, 3.8) is 0 Å². The molecule has 16 heavy (non-hydrogen) atoms. The Kier molecular flexibility index (Phi) is 3.96. The smallest absolute Gasteiger partial charge is 0.0764 e. The molecule has 4 heteroatoms. The minimum Gasteiger partial charge on any atom is -0.316 e. The van der Waals surface area contributed by atoms with E-state index in [1.807, 2.05) is 17.9 Å². The van der Waals surface area contributed by atoms with Crippen LogP contribution in [0.25, 0.3) is 0 Å². The fourth-order valence-corrected chi connectivity index (χ4v) is 2.41. The molecule has 2 heterocycles. The van der Waals surface area contributed by atoms with Crippen LogP contribution in [0.2, 0.25) is 0 Å². The number of nitrogens with one attached hydrogen (secondary N) is 1. The van der Waals surface area contributed by atoms with E-state index in [1.165, 1.54) is 32.5 Å². The molecule has 2 rings (SSSR count). The minimum absolute atomic E-state index is 0.808. The van der Waals surface area contributed by atoms with E-state index in [4.69, 9.17) is 0 Å². The third-order valence-corrected chi connectivity index (χ3v) is 3.17. The van der Waals surface area contributed by atoms with Crippen LogP contribution in [0.1, 0.15) is 18.5 Å². The summed E-state index contributed by atoms with van der Waals surface area (Å²) in [6.45, 7) is 4.49. The largest absolute Gasteiger partial charge is 0.316 e. The van der Waals surface area contributed by atoms with Gasteiger partial charge in [-0.2, -0.15) is 5.10 Å². The molecule has 0 aliphatic carbocycles. The van der Waals surface area contributed by atoms with Crippen molar-refractivity contribution >= 4 is 0 Å². The summed E-state index contributed by atoms with van der Waals surface area (Å²) in [6, 6.07) is 2.09. The number of rotatable bonds is 4. The van der Waals surface area contributed by atoms with Gasteiger partial charge in [0.15, 0.2) is 0 Å². The first-order valence-electron chi connectivity index (χ1n) is 6.12. The van der Waals surface area contributed by atoms with Crippen molar-refractivity contribution in [2.75, 3.05) is 26.7 Å². The van der Waals surface area contributed by atoms with E-state index < -0.39 is 0 Å². The highest BCUT2D eigenvalue weighted by molar-refractivity contribution is 4.98. The number of hydrogen-bond donors (Lipinski definition) is 1. The first-order valence-corrected chi connectivity index (χ1v) is 6.12. The summed E-state index contributed by atoms with van der Waals surface area (Å²) >= 11 is 0. The zero-order valence-corrected chi connectivity index (χ0v) is 10.3. The predicted molar refractivity (Wildman–Crippen MR) is 65.1 cm³/mol. The average Bonchev–Trinajstić information content (AvgIpc) is 2.65. The van der Waals surface area contributed by atoms with Crippen LogP contribution >= 0.6 is 0 Å². The Morgan fingerprint density at radius 3 is 3.12 bits per heavy atom. The quantitative estimate of drug-likeness (QED) is 0.820.